The number of methoxy groups -OCH3 is 1. The zero-order valence-corrected chi connectivity index (χ0v) is 11.5. The topological polar surface area (TPSA) is 34.2 Å². The zero-order valence-electron chi connectivity index (χ0n) is 10.7. The lowest BCUT2D eigenvalue weighted by Gasteiger charge is -2.19. The lowest BCUT2D eigenvalue weighted by molar-refractivity contribution is 0.394. The molecule has 0 aliphatic carbocycles. The average Bonchev–Trinajstić information content (AvgIpc) is 2.91. The molecule has 1 N–H and O–H groups in total. The second-order valence-electron chi connectivity index (χ2n) is 4.04. The Labute approximate surface area is 112 Å². The van der Waals surface area contributed by atoms with Crippen LogP contribution in [-0.2, 0) is 6.42 Å². The van der Waals surface area contributed by atoms with Gasteiger partial charge in [0.2, 0.25) is 0 Å². The lowest BCUT2D eigenvalue weighted by atomic mass is 10.0. The number of hydrogen-bond donors (Lipinski definition) is 1. The van der Waals surface area contributed by atoms with Crippen LogP contribution in [0.4, 0.5) is 0 Å². The molecule has 2 aromatic rings. The average molecular weight is 262 g/mol. The number of likely N-dealkylation sites (N-methyl/N-ethyl adjacent to an activating group) is 1. The van der Waals surface area contributed by atoms with Crippen molar-refractivity contribution >= 4 is 11.3 Å². The van der Waals surface area contributed by atoms with Crippen LogP contribution in [0.3, 0.4) is 0 Å². The second-order valence-corrected chi connectivity index (χ2v) is 4.82. The van der Waals surface area contributed by atoms with Crippen molar-refractivity contribution in [3.8, 4) is 5.75 Å². The van der Waals surface area contributed by atoms with E-state index in [4.69, 9.17) is 4.74 Å². The summed E-state index contributed by atoms with van der Waals surface area (Å²) < 4.78 is 5.39. The molecule has 0 aliphatic rings. The third-order valence-electron chi connectivity index (χ3n) is 2.82. The maximum absolute atomic E-state index is 5.39. The number of pyridine rings is 1. The largest absolute Gasteiger partial charge is 0.495 e. The molecule has 2 heterocycles. The van der Waals surface area contributed by atoms with Crippen LogP contribution in [0, 0.1) is 0 Å². The van der Waals surface area contributed by atoms with Gasteiger partial charge in [-0.2, -0.15) is 11.3 Å². The van der Waals surface area contributed by atoms with Crippen molar-refractivity contribution < 1.29 is 4.74 Å². The van der Waals surface area contributed by atoms with E-state index < -0.39 is 0 Å². The van der Waals surface area contributed by atoms with Crippen LogP contribution >= 0.6 is 11.3 Å². The number of thiophene rings is 1. The monoisotopic (exact) mass is 262 g/mol. The summed E-state index contributed by atoms with van der Waals surface area (Å²) in [5.74, 6) is 0.846. The van der Waals surface area contributed by atoms with E-state index in [2.05, 4.69) is 34.1 Å². The quantitative estimate of drug-likeness (QED) is 0.869. The van der Waals surface area contributed by atoms with Gasteiger partial charge in [0.1, 0.15) is 5.75 Å². The fraction of sp³-hybridized carbons (Fsp3) is 0.357. The van der Waals surface area contributed by atoms with Crippen molar-refractivity contribution in [3.05, 3.63) is 46.4 Å². The van der Waals surface area contributed by atoms with E-state index in [0.717, 1.165) is 24.4 Å². The van der Waals surface area contributed by atoms with Crippen molar-refractivity contribution in [1.29, 1.82) is 0 Å². The van der Waals surface area contributed by atoms with Crippen LogP contribution in [0.5, 0.6) is 5.75 Å². The fourth-order valence-corrected chi connectivity index (χ4v) is 2.67. The molecule has 0 amide bonds. The summed E-state index contributed by atoms with van der Waals surface area (Å²) in [7, 11) is 1.69. The number of nitrogens with one attached hydrogen (secondary N) is 1. The highest BCUT2D eigenvalue weighted by Gasteiger charge is 2.17. The van der Waals surface area contributed by atoms with Crippen LogP contribution in [0.25, 0.3) is 0 Å². The Hall–Kier alpha value is -1.39. The molecule has 2 aromatic heterocycles. The summed E-state index contributed by atoms with van der Waals surface area (Å²) in [6.07, 6.45) is 2.75. The Bertz CT molecular complexity index is 470. The molecule has 18 heavy (non-hydrogen) atoms. The van der Waals surface area contributed by atoms with Gasteiger partial charge in [-0.05, 0) is 47.5 Å². The highest BCUT2D eigenvalue weighted by molar-refractivity contribution is 7.07. The van der Waals surface area contributed by atoms with Gasteiger partial charge < -0.3 is 10.1 Å². The summed E-state index contributed by atoms with van der Waals surface area (Å²) >= 11 is 1.73. The van der Waals surface area contributed by atoms with E-state index >= 15 is 0 Å². The minimum Gasteiger partial charge on any atom is -0.495 e. The first kappa shape index (κ1) is 13.1. The third-order valence-corrected chi connectivity index (χ3v) is 3.55. The first-order valence-corrected chi connectivity index (χ1v) is 7.02. The Balaban J connectivity index is 2.23. The van der Waals surface area contributed by atoms with Gasteiger partial charge in [-0.3, -0.25) is 4.98 Å². The van der Waals surface area contributed by atoms with Gasteiger partial charge in [-0.15, -0.1) is 0 Å². The normalized spacial score (nSPS) is 12.3. The van der Waals surface area contributed by atoms with Crippen molar-refractivity contribution in [2.24, 2.45) is 0 Å². The summed E-state index contributed by atoms with van der Waals surface area (Å²) in [6, 6.07) is 6.21. The number of rotatable bonds is 6. The highest BCUT2D eigenvalue weighted by atomic mass is 32.1. The van der Waals surface area contributed by atoms with E-state index in [9.17, 15) is 0 Å². The van der Waals surface area contributed by atoms with Crippen LogP contribution in [0.15, 0.2) is 35.2 Å². The van der Waals surface area contributed by atoms with Crippen molar-refractivity contribution in [2.75, 3.05) is 13.7 Å². The van der Waals surface area contributed by atoms with E-state index in [-0.39, 0.29) is 6.04 Å². The number of ether oxygens (including phenoxy) is 1. The molecule has 0 radical (unpaired) electrons. The zero-order chi connectivity index (χ0) is 12.8. The fourth-order valence-electron chi connectivity index (χ4n) is 1.99. The van der Waals surface area contributed by atoms with Crippen LogP contribution in [0.1, 0.15) is 24.2 Å². The van der Waals surface area contributed by atoms with E-state index in [0.29, 0.717) is 0 Å². The predicted octanol–water partition coefficient (Wildman–Crippen LogP) is 3.05. The first-order valence-electron chi connectivity index (χ1n) is 6.08. The molecule has 0 spiro atoms. The molecular formula is C14H18N2OS. The van der Waals surface area contributed by atoms with Gasteiger partial charge in [0.15, 0.2) is 0 Å². The van der Waals surface area contributed by atoms with Crippen molar-refractivity contribution in [2.45, 2.75) is 19.4 Å². The molecule has 0 fully saturated rings. The van der Waals surface area contributed by atoms with Gasteiger partial charge in [0, 0.05) is 6.20 Å². The van der Waals surface area contributed by atoms with Gasteiger partial charge >= 0.3 is 0 Å². The minimum absolute atomic E-state index is 0.195. The molecule has 1 atom stereocenters. The first-order chi connectivity index (χ1) is 8.85. The van der Waals surface area contributed by atoms with Crippen molar-refractivity contribution in [3.63, 3.8) is 0 Å². The molecule has 96 valence electrons. The van der Waals surface area contributed by atoms with E-state index in [1.165, 1.54) is 5.56 Å². The van der Waals surface area contributed by atoms with Gasteiger partial charge in [0.05, 0.1) is 18.8 Å². The Morgan fingerprint density at radius 3 is 3.00 bits per heavy atom. The third kappa shape index (κ3) is 3.09. The standard InChI is InChI=1S/C14H18N2OS/c1-3-15-12(9-11-6-8-18-10-11)14-13(17-2)5-4-7-16-14/h4-8,10,12,15H,3,9H2,1-2H3. The lowest BCUT2D eigenvalue weighted by Crippen LogP contribution is -2.24. The van der Waals surface area contributed by atoms with Crippen molar-refractivity contribution in [1.82, 2.24) is 10.3 Å². The molecule has 3 nitrogen and oxygen atoms in total. The second kappa shape index (κ2) is 6.52. The van der Waals surface area contributed by atoms with Gasteiger partial charge in [-0.1, -0.05) is 6.92 Å². The van der Waals surface area contributed by atoms with Crippen LogP contribution in [0.2, 0.25) is 0 Å². The minimum atomic E-state index is 0.195. The smallest absolute Gasteiger partial charge is 0.141 e. The van der Waals surface area contributed by atoms with E-state index in [1.807, 2.05) is 18.3 Å². The van der Waals surface area contributed by atoms with Crippen LogP contribution < -0.4 is 10.1 Å². The number of nitrogens with zero attached hydrogens (tertiary/aromatic N) is 1. The molecule has 0 bridgehead atoms. The highest BCUT2D eigenvalue weighted by Crippen LogP contribution is 2.25. The molecule has 0 aromatic carbocycles. The summed E-state index contributed by atoms with van der Waals surface area (Å²) in [4.78, 5) is 4.46. The van der Waals surface area contributed by atoms with Gasteiger partial charge in [0.25, 0.3) is 0 Å². The molecular weight excluding hydrogens is 244 g/mol. The molecule has 4 heteroatoms. The number of hydrogen-bond acceptors (Lipinski definition) is 4. The SMILES string of the molecule is CCNC(Cc1ccsc1)c1ncccc1OC. The molecule has 0 saturated carbocycles. The predicted molar refractivity (Wildman–Crippen MR) is 75.2 cm³/mol. The summed E-state index contributed by atoms with van der Waals surface area (Å²) in [6.45, 7) is 3.02. The Morgan fingerprint density at radius 2 is 2.33 bits per heavy atom. The number of aromatic nitrogens is 1. The van der Waals surface area contributed by atoms with Crippen LogP contribution in [-0.4, -0.2) is 18.6 Å². The molecule has 2 rings (SSSR count). The summed E-state index contributed by atoms with van der Waals surface area (Å²) in [5, 5.41) is 7.76. The maximum Gasteiger partial charge on any atom is 0.141 e. The molecule has 1 unspecified atom stereocenters. The Morgan fingerprint density at radius 1 is 1.44 bits per heavy atom. The molecule has 0 aliphatic heterocycles. The Kier molecular flexibility index (Phi) is 4.73. The molecule has 0 saturated heterocycles. The summed E-state index contributed by atoms with van der Waals surface area (Å²) in [5.41, 5.74) is 2.31. The maximum atomic E-state index is 5.39. The van der Waals surface area contributed by atoms with Gasteiger partial charge in [-0.25, -0.2) is 0 Å². The van der Waals surface area contributed by atoms with E-state index in [1.54, 1.807) is 18.4 Å².